The van der Waals surface area contributed by atoms with Gasteiger partial charge in [0.1, 0.15) is 5.82 Å². The summed E-state index contributed by atoms with van der Waals surface area (Å²) in [6.07, 6.45) is 0.575. The van der Waals surface area contributed by atoms with Crippen molar-refractivity contribution in [3.05, 3.63) is 86.6 Å². The van der Waals surface area contributed by atoms with E-state index in [0.717, 1.165) is 20.8 Å². The summed E-state index contributed by atoms with van der Waals surface area (Å²) >= 11 is 0. The second-order valence-electron chi connectivity index (χ2n) is 8.40. The van der Waals surface area contributed by atoms with Crippen molar-refractivity contribution in [2.24, 2.45) is 14.1 Å². The van der Waals surface area contributed by atoms with E-state index >= 15 is 0 Å². The highest BCUT2D eigenvalue weighted by Gasteiger charge is 2.36. The first-order chi connectivity index (χ1) is 17.0. The van der Waals surface area contributed by atoms with Gasteiger partial charge in [0.15, 0.2) is 6.61 Å². The fourth-order valence-corrected chi connectivity index (χ4v) is 5.79. The van der Waals surface area contributed by atoms with Gasteiger partial charge < -0.3 is 10.1 Å². The lowest BCUT2D eigenvalue weighted by Gasteiger charge is -2.24. The molecule has 2 heterocycles. The molecule has 0 bridgehead atoms. The average Bonchev–Trinajstić information content (AvgIpc) is 3.21. The molecular formula is C24H24N4O7S. The predicted octanol–water partition coefficient (Wildman–Crippen LogP) is 1.02. The maximum Gasteiger partial charge on any atom is 0.338 e. The summed E-state index contributed by atoms with van der Waals surface area (Å²) in [5.41, 5.74) is 0.217. The number of nitrogens with one attached hydrogen (secondary N) is 1. The maximum absolute atomic E-state index is 13.4. The van der Waals surface area contributed by atoms with Gasteiger partial charge in [0.05, 0.1) is 16.1 Å². The number of nitrogens with zero attached hydrogens (tertiary/aromatic N) is 3. The Hall–Kier alpha value is -4.19. The first-order valence-corrected chi connectivity index (χ1v) is 12.4. The van der Waals surface area contributed by atoms with E-state index in [4.69, 9.17) is 4.74 Å². The molecule has 11 nitrogen and oxygen atoms in total. The second kappa shape index (κ2) is 9.46. The zero-order valence-corrected chi connectivity index (χ0v) is 20.6. The monoisotopic (exact) mass is 512 g/mol. The number of amides is 1. The summed E-state index contributed by atoms with van der Waals surface area (Å²) < 4.78 is 35.1. The molecule has 1 atom stereocenters. The molecule has 1 unspecified atom stereocenters. The van der Waals surface area contributed by atoms with Gasteiger partial charge in [-0.3, -0.25) is 23.0 Å². The van der Waals surface area contributed by atoms with Gasteiger partial charge in [-0.2, -0.15) is 0 Å². The molecule has 1 amide bonds. The van der Waals surface area contributed by atoms with Crippen molar-refractivity contribution in [1.82, 2.24) is 9.13 Å². The Morgan fingerprint density at radius 3 is 2.50 bits per heavy atom. The van der Waals surface area contributed by atoms with Crippen molar-refractivity contribution in [2.45, 2.75) is 24.3 Å². The van der Waals surface area contributed by atoms with Gasteiger partial charge in [-0.1, -0.05) is 24.3 Å². The highest BCUT2D eigenvalue weighted by atomic mass is 32.2. The van der Waals surface area contributed by atoms with Gasteiger partial charge in [0.25, 0.3) is 21.5 Å². The zero-order valence-electron chi connectivity index (χ0n) is 19.8. The molecule has 3 aromatic rings. The summed E-state index contributed by atoms with van der Waals surface area (Å²) in [6, 6.07) is 13.4. The third kappa shape index (κ3) is 4.54. The standard InChI is InChI=1S/C24H24N4O7S/c1-15-11-16-7-4-5-10-19(16)28(15)36(33,34)18-9-6-8-17(12-18)23(31)35-14-21(29)25-20-13-22(30)27(3)24(32)26(20)2/h4-10,12-13,15H,11,14H2,1-3H3,(H,25,29). The van der Waals surface area contributed by atoms with Crippen molar-refractivity contribution >= 4 is 33.4 Å². The normalized spacial score (nSPS) is 14.9. The number of ether oxygens (including phenoxy) is 1. The molecule has 0 saturated heterocycles. The molecule has 1 N–H and O–H groups in total. The molecule has 0 spiro atoms. The van der Waals surface area contributed by atoms with Gasteiger partial charge in [-0.05, 0) is 43.2 Å². The van der Waals surface area contributed by atoms with Crippen molar-refractivity contribution in [2.75, 3.05) is 16.2 Å². The van der Waals surface area contributed by atoms with Crippen LogP contribution in [0.3, 0.4) is 0 Å². The van der Waals surface area contributed by atoms with Gasteiger partial charge in [0, 0.05) is 26.2 Å². The average molecular weight is 513 g/mol. The van der Waals surface area contributed by atoms with E-state index in [1.165, 1.54) is 42.7 Å². The molecule has 4 rings (SSSR count). The number of benzene rings is 2. The number of aromatic nitrogens is 2. The number of fused-ring (bicyclic) bond motifs is 1. The van der Waals surface area contributed by atoms with Crippen LogP contribution in [-0.2, 0) is 40.1 Å². The van der Waals surface area contributed by atoms with Crippen molar-refractivity contribution in [3.63, 3.8) is 0 Å². The number of carbonyl (C=O) groups excluding carboxylic acids is 2. The Labute approximate surface area is 206 Å². The van der Waals surface area contributed by atoms with Gasteiger partial charge >= 0.3 is 11.7 Å². The Kier molecular flexibility index (Phi) is 6.55. The van der Waals surface area contributed by atoms with Crippen LogP contribution in [0.2, 0.25) is 0 Å². The van der Waals surface area contributed by atoms with Gasteiger partial charge in [0.2, 0.25) is 0 Å². The fraction of sp³-hybridized carbons (Fsp3) is 0.250. The van der Waals surface area contributed by atoms with Crippen LogP contribution in [0.25, 0.3) is 0 Å². The third-order valence-corrected chi connectivity index (χ3v) is 7.82. The Balaban J connectivity index is 1.48. The Morgan fingerprint density at radius 1 is 1.03 bits per heavy atom. The molecule has 0 saturated carbocycles. The topological polar surface area (TPSA) is 137 Å². The largest absolute Gasteiger partial charge is 0.452 e. The van der Waals surface area contributed by atoms with Gasteiger partial charge in [-0.15, -0.1) is 0 Å². The highest BCUT2D eigenvalue weighted by Crippen LogP contribution is 2.36. The minimum Gasteiger partial charge on any atom is -0.452 e. The molecule has 36 heavy (non-hydrogen) atoms. The predicted molar refractivity (Wildman–Crippen MR) is 132 cm³/mol. The number of rotatable bonds is 6. The molecule has 0 radical (unpaired) electrons. The first kappa shape index (κ1) is 24.9. The number of hydrogen-bond acceptors (Lipinski definition) is 7. The fourth-order valence-electron chi connectivity index (χ4n) is 4.05. The van der Waals surface area contributed by atoms with Crippen LogP contribution < -0.4 is 20.9 Å². The van der Waals surface area contributed by atoms with Crippen LogP contribution >= 0.6 is 0 Å². The molecule has 1 aromatic heterocycles. The lowest BCUT2D eigenvalue weighted by molar-refractivity contribution is -0.119. The third-order valence-electron chi connectivity index (χ3n) is 5.90. The highest BCUT2D eigenvalue weighted by molar-refractivity contribution is 7.92. The number of esters is 1. The molecule has 1 aliphatic rings. The molecule has 12 heteroatoms. The Morgan fingerprint density at radius 2 is 1.75 bits per heavy atom. The molecule has 0 aliphatic carbocycles. The summed E-state index contributed by atoms with van der Waals surface area (Å²) in [5, 5.41) is 2.34. The summed E-state index contributed by atoms with van der Waals surface area (Å²) in [5.74, 6) is -1.75. The Bertz CT molecular complexity index is 1590. The molecule has 2 aromatic carbocycles. The number of sulfonamides is 1. The first-order valence-electron chi connectivity index (χ1n) is 11.0. The lowest BCUT2D eigenvalue weighted by atomic mass is 10.1. The van der Waals surface area contributed by atoms with Crippen LogP contribution in [-0.4, -0.2) is 42.1 Å². The molecule has 1 aliphatic heterocycles. The summed E-state index contributed by atoms with van der Waals surface area (Å²) in [7, 11) is -1.29. The maximum atomic E-state index is 13.4. The van der Waals surface area contributed by atoms with Crippen LogP contribution in [0.1, 0.15) is 22.8 Å². The second-order valence-corrected chi connectivity index (χ2v) is 10.2. The van der Waals surface area contributed by atoms with E-state index in [2.05, 4.69) is 5.32 Å². The number of hydrogen-bond donors (Lipinski definition) is 1. The van der Waals surface area contributed by atoms with Crippen LogP contribution in [0, 0.1) is 0 Å². The van der Waals surface area contributed by atoms with E-state index in [-0.39, 0.29) is 22.3 Å². The number of carbonyl (C=O) groups is 2. The quantitative estimate of drug-likeness (QED) is 0.487. The minimum absolute atomic E-state index is 0.0509. The van der Waals surface area contributed by atoms with Crippen LogP contribution in [0.4, 0.5) is 11.5 Å². The van der Waals surface area contributed by atoms with Crippen molar-refractivity contribution in [3.8, 4) is 0 Å². The van der Waals surface area contributed by atoms with Crippen molar-refractivity contribution in [1.29, 1.82) is 0 Å². The molecular weight excluding hydrogens is 488 g/mol. The minimum atomic E-state index is -3.96. The molecule has 0 fully saturated rings. The zero-order chi connectivity index (χ0) is 26.2. The van der Waals surface area contributed by atoms with E-state index in [1.54, 1.807) is 12.1 Å². The van der Waals surface area contributed by atoms with Gasteiger partial charge in [-0.25, -0.2) is 18.0 Å². The summed E-state index contributed by atoms with van der Waals surface area (Å²) in [4.78, 5) is 48.5. The lowest BCUT2D eigenvalue weighted by Crippen LogP contribution is -2.38. The van der Waals surface area contributed by atoms with E-state index in [0.29, 0.717) is 12.1 Å². The van der Waals surface area contributed by atoms with E-state index < -0.39 is 39.8 Å². The van der Waals surface area contributed by atoms with E-state index in [9.17, 15) is 27.6 Å². The summed E-state index contributed by atoms with van der Waals surface area (Å²) in [6.45, 7) is 1.10. The van der Waals surface area contributed by atoms with Crippen molar-refractivity contribution < 1.29 is 22.7 Å². The van der Waals surface area contributed by atoms with Crippen LogP contribution in [0.15, 0.2) is 69.1 Å². The SMILES string of the molecule is CC1Cc2ccccc2N1S(=O)(=O)c1cccc(C(=O)OCC(=O)Nc2cc(=O)n(C)c(=O)n2C)c1. The smallest absolute Gasteiger partial charge is 0.338 e. The number of para-hydroxylation sites is 1. The van der Waals surface area contributed by atoms with Crippen LogP contribution in [0.5, 0.6) is 0 Å². The van der Waals surface area contributed by atoms with E-state index in [1.807, 2.05) is 19.1 Å². The number of anilines is 2. The molecule has 188 valence electrons.